The normalized spacial score (nSPS) is 18.3. The first-order valence-electron chi connectivity index (χ1n) is 5.99. The molecule has 0 aliphatic carbocycles. The highest BCUT2D eigenvalue weighted by Crippen LogP contribution is 2.25. The first-order chi connectivity index (χ1) is 9.02. The van der Waals surface area contributed by atoms with Gasteiger partial charge in [0.2, 0.25) is 0 Å². The molecule has 1 aromatic carbocycles. The van der Waals surface area contributed by atoms with Crippen LogP contribution in [0, 0.1) is 0 Å². The zero-order valence-corrected chi connectivity index (χ0v) is 11.2. The average Bonchev–Trinajstić information content (AvgIpc) is 2.67. The van der Waals surface area contributed by atoms with Crippen LogP contribution in [0.25, 0.3) is 5.70 Å². The van der Waals surface area contributed by atoms with Gasteiger partial charge in [0.05, 0.1) is 18.5 Å². The Kier molecular flexibility index (Phi) is 3.62. The van der Waals surface area contributed by atoms with Crippen LogP contribution in [0.3, 0.4) is 0 Å². The molecule has 6 nitrogen and oxygen atoms in total. The van der Waals surface area contributed by atoms with Crippen LogP contribution in [-0.2, 0) is 4.74 Å². The lowest BCUT2D eigenvalue weighted by Gasteiger charge is -2.17. The third kappa shape index (κ3) is 2.63. The van der Waals surface area contributed by atoms with E-state index >= 15 is 0 Å². The predicted molar refractivity (Wildman–Crippen MR) is 73.7 cm³/mol. The van der Waals surface area contributed by atoms with Crippen LogP contribution in [-0.4, -0.2) is 24.4 Å². The molecule has 4 N–H and O–H groups in total. The van der Waals surface area contributed by atoms with E-state index in [1.165, 1.54) is 7.11 Å². The summed E-state index contributed by atoms with van der Waals surface area (Å²) in [4.78, 5) is 11.1. The van der Waals surface area contributed by atoms with Gasteiger partial charge in [-0.25, -0.2) is 10.6 Å². The first kappa shape index (κ1) is 13.2. The molecular weight excluding hydrogens is 244 g/mol. The number of amides is 1. The second kappa shape index (κ2) is 5.19. The summed E-state index contributed by atoms with van der Waals surface area (Å²) in [7, 11) is 1.33. The number of anilines is 1. The van der Waals surface area contributed by atoms with Gasteiger partial charge in [-0.05, 0) is 31.5 Å². The second-order valence-corrected chi connectivity index (χ2v) is 4.38. The Labute approximate surface area is 112 Å². The average molecular weight is 262 g/mol. The van der Waals surface area contributed by atoms with Gasteiger partial charge < -0.3 is 10.1 Å². The van der Waals surface area contributed by atoms with Crippen LogP contribution in [0.4, 0.5) is 10.5 Å². The Balaban J connectivity index is 2.17. The number of carbonyl (C=O) groups is 1. The third-order valence-corrected chi connectivity index (χ3v) is 3.12. The fraction of sp³-hybridized carbons (Fsp3) is 0.308. The Hall–Kier alpha value is -2.21. The molecule has 1 heterocycles. The van der Waals surface area contributed by atoms with Gasteiger partial charge in [-0.15, -0.1) is 0 Å². The third-order valence-electron chi connectivity index (χ3n) is 3.12. The summed E-state index contributed by atoms with van der Waals surface area (Å²) in [6.07, 6.45) is -0.410. The van der Waals surface area contributed by atoms with Crippen molar-refractivity contribution in [1.29, 1.82) is 0 Å². The maximum Gasteiger partial charge on any atom is 0.411 e. The van der Waals surface area contributed by atoms with E-state index in [0.29, 0.717) is 5.69 Å². The zero-order chi connectivity index (χ0) is 14.0. The molecule has 0 saturated heterocycles. The van der Waals surface area contributed by atoms with Gasteiger partial charge in [0.15, 0.2) is 0 Å². The second-order valence-electron chi connectivity index (χ2n) is 4.38. The standard InChI is InChI=1S/C13H18N4O2/c1-8-12(15-9(2)17(8)14)10-4-6-11(7-5-10)16-13(18)19-3/h4-7,9,15H,14H2,1-3H3,(H,16,18). The van der Waals surface area contributed by atoms with Crippen LogP contribution in [0.15, 0.2) is 30.0 Å². The highest BCUT2D eigenvalue weighted by Gasteiger charge is 2.23. The zero-order valence-electron chi connectivity index (χ0n) is 11.2. The van der Waals surface area contributed by atoms with Gasteiger partial charge in [-0.3, -0.25) is 10.3 Å². The molecule has 0 radical (unpaired) electrons. The molecule has 0 aromatic heterocycles. The minimum absolute atomic E-state index is 0.0721. The van der Waals surface area contributed by atoms with Crippen molar-refractivity contribution in [1.82, 2.24) is 10.3 Å². The largest absolute Gasteiger partial charge is 0.453 e. The molecule has 102 valence electrons. The number of carbonyl (C=O) groups excluding carboxylic acids is 1. The van der Waals surface area contributed by atoms with Gasteiger partial charge >= 0.3 is 6.09 Å². The minimum atomic E-state index is -0.483. The summed E-state index contributed by atoms with van der Waals surface area (Å²) >= 11 is 0. The number of hydrazine groups is 1. The van der Waals surface area contributed by atoms with E-state index in [1.807, 2.05) is 38.1 Å². The van der Waals surface area contributed by atoms with E-state index < -0.39 is 6.09 Å². The van der Waals surface area contributed by atoms with E-state index in [0.717, 1.165) is 17.0 Å². The molecule has 1 atom stereocenters. The summed E-state index contributed by atoms with van der Waals surface area (Å²) in [6, 6.07) is 7.47. The van der Waals surface area contributed by atoms with E-state index in [-0.39, 0.29) is 6.17 Å². The molecule has 19 heavy (non-hydrogen) atoms. The smallest absolute Gasteiger partial charge is 0.411 e. The fourth-order valence-corrected chi connectivity index (χ4v) is 1.98. The number of rotatable bonds is 2. The Morgan fingerprint density at radius 1 is 1.42 bits per heavy atom. The number of allylic oxidation sites excluding steroid dienone is 1. The highest BCUT2D eigenvalue weighted by atomic mass is 16.5. The molecule has 1 unspecified atom stereocenters. The lowest BCUT2D eigenvalue weighted by molar-refractivity contribution is 0.187. The SMILES string of the molecule is COC(=O)Nc1ccc(C2=C(C)N(N)C(C)N2)cc1. The van der Waals surface area contributed by atoms with Gasteiger partial charge in [0, 0.05) is 5.69 Å². The quantitative estimate of drug-likeness (QED) is 0.707. The Morgan fingerprint density at radius 2 is 2.05 bits per heavy atom. The van der Waals surface area contributed by atoms with E-state index in [4.69, 9.17) is 5.84 Å². The lowest BCUT2D eigenvalue weighted by atomic mass is 10.1. The number of nitrogens with two attached hydrogens (primary N) is 1. The molecule has 1 aliphatic rings. The Bertz CT molecular complexity index is 510. The number of ether oxygens (including phenoxy) is 1. The number of benzene rings is 1. The fourth-order valence-electron chi connectivity index (χ4n) is 1.98. The summed E-state index contributed by atoms with van der Waals surface area (Å²) in [5, 5.41) is 7.61. The van der Waals surface area contributed by atoms with E-state index in [2.05, 4.69) is 15.4 Å². The van der Waals surface area contributed by atoms with Gasteiger partial charge in [-0.1, -0.05) is 12.1 Å². The van der Waals surface area contributed by atoms with Crippen LogP contribution in [0.5, 0.6) is 0 Å². The maximum atomic E-state index is 11.1. The molecule has 1 aliphatic heterocycles. The molecule has 2 rings (SSSR count). The van der Waals surface area contributed by atoms with Crippen LogP contribution >= 0.6 is 0 Å². The summed E-state index contributed by atoms with van der Waals surface area (Å²) in [5.74, 6) is 5.90. The molecule has 0 fully saturated rings. The van der Waals surface area contributed by atoms with Gasteiger partial charge in [0.25, 0.3) is 0 Å². The summed E-state index contributed by atoms with van der Waals surface area (Å²) < 4.78 is 4.53. The molecule has 1 amide bonds. The lowest BCUT2D eigenvalue weighted by Crippen LogP contribution is -2.39. The molecule has 1 aromatic rings. The van der Waals surface area contributed by atoms with Crippen LogP contribution in [0.2, 0.25) is 0 Å². The summed E-state index contributed by atoms with van der Waals surface area (Å²) in [6.45, 7) is 3.95. The Morgan fingerprint density at radius 3 is 2.53 bits per heavy atom. The molecular formula is C13H18N4O2. The maximum absolute atomic E-state index is 11.1. The minimum Gasteiger partial charge on any atom is -0.453 e. The molecule has 0 spiro atoms. The number of hydrogen-bond donors (Lipinski definition) is 3. The highest BCUT2D eigenvalue weighted by molar-refractivity contribution is 5.84. The van der Waals surface area contributed by atoms with Gasteiger partial charge in [-0.2, -0.15) is 0 Å². The number of methoxy groups -OCH3 is 1. The van der Waals surface area contributed by atoms with Crippen molar-refractivity contribution < 1.29 is 9.53 Å². The molecule has 6 heteroatoms. The molecule has 0 bridgehead atoms. The predicted octanol–water partition coefficient (Wildman–Crippen LogP) is 1.68. The van der Waals surface area contributed by atoms with Crippen molar-refractivity contribution in [3.05, 3.63) is 35.5 Å². The summed E-state index contributed by atoms with van der Waals surface area (Å²) in [5.41, 5.74) is 3.69. The van der Waals surface area contributed by atoms with Crippen LogP contribution in [0.1, 0.15) is 19.4 Å². The van der Waals surface area contributed by atoms with Crippen molar-refractivity contribution in [3.63, 3.8) is 0 Å². The number of nitrogens with zero attached hydrogens (tertiary/aromatic N) is 1. The van der Waals surface area contributed by atoms with Gasteiger partial charge in [0.1, 0.15) is 6.17 Å². The van der Waals surface area contributed by atoms with Crippen molar-refractivity contribution >= 4 is 17.5 Å². The van der Waals surface area contributed by atoms with Crippen molar-refractivity contribution in [2.45, 2.75) is 20.0 Å². The van der Waals surface area contributed by atoms with E-state index in [1.54, 1.807) is 5.01 Å². The topological polar surface area (TPSA) is 79.6 Å². The molecule has 0 saturated carbocycles. The monoisotopic (exact) mass is 262 g/mol. The number of hydrogen-bond acceptors (Lipinski definition) is 5. The van der Waals surface area contributed by atoms with E-state index in [9.17, 15) is 4.79 Å². The number of nitrogens with one attached hydrogen (secondary N) is 2. The van der Waals surface area contributed by atoms with Crippen molar-refractivity contribution in [3.8, 4) is 0 Å². The van der Waals surface area contributed by atoms with Crippen molar-refractivity contribution in [2.75, 3.05) is 12.4 Å². The first-order valence-corrected chi connectivity index (χ1v) is 5.99. The van der Waals surface area contributed by atoms with Crippen LogP contribution < -0.4 is 16.5 Å². The van der Waals surface area contributed by atoms with Crippen molar-refractivity contribution in [2.24, 2.45) is 5.84 Å².